The summed E-state index contributed by atoms with van der Waals surface area (Å²) in [5.41, 5.74) is 6.34. The van der Waals surface area contributed by atoms with Crippen molar-refractivity contribution in [1.82, 2.24) is 9.55 Å². The topological polar surface area (TPSA) is 64.3 Å². The zero-order valence-electron chi connectivity index (χ0n) is 20.4. The summed E-state index contributed by atoms with van der Waals surface area (Å²) in [5, 5.41) is 12.5. The number of rotatable bonds is 7. The number of fused-ring (bicyclic) bond motifs is 4. The minimum Gasteiger partial charge on any atom is -0.487 e. The smallest absolute Gasteiger partial charge is 0.304 e. The largest absolute Gasteiger partial charge is 0.487 e. The second-order valence-corrected chi connectivity index (χ2v) is 10.1. The Morgan fingerprint density at radius 1 is 1.03 bits per heavy atom. The number of pyridine rings is 1. The maximum absolute atomic E-state index is 11.8. The van der Waals surface area contributed by atoms with Gasteiger partial charge in [-0.25, -0.2) is 4.98 Å². The molecular formula is C31H27ClN2O3. The molecule has 186 valence electrons. The Kier molecular flexibility index (Phi) is 6.31. The van der Waals surface area contributed by atoms with Gasteiger partial charge in [0.15, 0.2) is 0 Å². The number of nitrogens with zero attached hydrogens (tertiary/aromatic N) is 2. The van der Waals surface area contributed by atoms with Gasteiger partial charge in [-0.1, -0.05) is 54.1 Å². The summed E-state index contributed by atoms with van der Waals surface area (Å²) in [6.07, 6.45) is 2.87. The maximum atomic E-state index is 11.8. The molecule has 0 saturated heterocycles. The average Bonchev–Trinajstić information content (AvgIpc) is 3.23. The van der Waals surface area contributed by atoms with Crippen molar-refractivity contribution in [2.75, 3.05) is 0 Å². The predicted octanol–water partition coefficient (Wildman–Crippen LogP) is 7.36. The highest BCUT2D eigenvalue weighted by Crippen LogP contribution is 2.43. The van der Waals surface area contributed by atoms with Gasteiger partial charge in [-0.05, 0) is 66.8 Å². The van der Waals surface area contributed by atoms with E-state index in [1.54, 1.807) is 0 Å². The molecule has 6 heteroatoms. The quantitative estimate of drug-likeness (QED) is 0.248. The van der Waals surface area contributed by atoms with Crippen LogP contribution in [0.25, 0.3) is 21.8 Å². The molecule has 0 amide bonds. The lowest BCUT2D eigenvalue weighted by Gasteiger charge is -2.25. The van der Waals surface area contributed by atoms with Crippen LogP contribution in [0.15, 0.2) is 78.9 Å². The Morgan fingerprint density at radius 3 is 2.70 bits per heavy atom. The molecule has 0 spiro atoms. The number of carbonyl (C=O) groups is 1. The molecule has 3 aromatic carbocycles. The van der Waals surface area contributed by atoms with Gasteiger partial charge < -0.3 is 14.4 Å². The molecule has 0 radical (unpaired) electrons. The highest BCUT2D eigenvalue weighted by atomic mass is 35.5. The van der Waals surface area contributed by atoms with E-state index in [0.29, 0.717) is 18.2 Å². The Bertz CT molecular complexity index is 1610. The van der Waals surface area contributed by atoms with Gasteiger partial charge >= 0.3 is 5.97 Å². The van der Waals surface area contributed by atoms with Crippen LogP contribution in [0.3, 0.4) is 0 Å². The normalized spacial score (nSPS) is 15.1. The lowest BCUT2D eigenvalue weighted by atomic mass is 9.84. The standard InChI is InChI=1S/C31H27ClN2O3/c32-23-14-11-20(12-15-23)18-34-27-9-4-10-28(30(27)25-7-3-6-22(31(25)34)17-29(35)36)37-19-24-16-13-21-5-1-2-8-26(21)33-24/h1-2,4-5,8-16,22H,3,6-7,17-19H2,(H,35,36). The van der Waals surface area contributed by atoms with E-state index in [4.69, 9.17) is 21.3 Å². The fourth-order valence-corrected chi connectivity index (χ4v) is 5.79. The van der Waals surface area contributed by atoms with E-state index in [2.05, 4.69) is 22.8 Å². The van der Waals surface area contributed by atoms with Gasteiger partial charge in [-0.3, -0.25) is 4.79 Å². The van der Waals surface area contributed by atoms with E-state index in [9.17, 15) is 9.90 Å². The number of carboxylic acids is 1. The van der Waals surface area contributed by atoms with Gasteiger partial charge in [-0.15, -0.1) is 0 Å². The molecular weight excluding hydrogens is 484 g/mol. The molecule has 6 rings (SSSR count). The molecule has 0 saturated carbocycles. The maximum Gasteiger partial charge on any atom is 0.304 e. The summed E-state index contributed by atoms with van der Waals surface area (Å²) < 4.78 is 8.70. The Hall–Kier alpha value is -3.83. The first-order valence-electron chi connectivity index (χ1n) is 12.6. The van der Waals surface area contributed by atoms with Gasteiger partial charge in [0.2, 0.25) is 0 Å². The van der Waals surface area contributed by atoms with Crippen LogP contribution < -0.4 is 4.74 Å². The first-order chi connectivity index (χ1) is 18.1. The van der Waals surface area contributed by atoms with Gasteiger partial charge in [0.05, 0.1) is 23.1 Å². The van der Waals surface area contributed by atoms with Crippen molar-refractivity contribution in [3.05, 3.63) is 106 Å². The fourth-order valence-electron chi connectivity index (χ4n) is 5.66. The van der Waals surface area contributed by atoms with Crippen LogP contribution in [0.5, 0.6) is 5.75 Å². The summed E-state index contributed by atoms with van der Waals surface area (Å²) in [4.78, 5) is 16.5. The van der Waals surface area contributed by atoms with Crippen LogP contribution in [0.4, 0.5) is 0 Å². The summed E-state index contributed by atoms with van der Waals surface area (Å²) >= 11 is 6.13. The minimum atomic E-state index is -0.764. The van der Waals surface area contributed by atoms with E-state index >= 15 is 0 Å². The van der Waals surface area contributed by atoms with E-state index in [0.717, 1.165) is 63.8 Å². The van der Waals surface area contributed by atoms with Crippen molar-refractivity contribution in [1.29, 1.82) is 0 Å². The molecule has 1 aliphatic rings. The Balaban J connectivity index is 1.42. The number of aryl methyl sites for hydroxylation is 1. The molecule has 2 aromatic heterocycles. The number of halogens is 1. The number of aromatic nitrogens is 2. The molecule has 37 heavy (non-hydrogen) atoms. The number of ether oxygens (including phenoxy) is 1. The number of carboxylic acid groups (broad SMARTS) is 1. The highest BCUT2D eigenvalue weighted by Gasteiger charge is 2.30. The number of aliphatic carboxylic acids is 1. The zero-order chi connectivity index (χ0) is 25.4. The average molecular weight is 511 g/mol. The van der Waals surface area contributed by atoms with Gasteiger partial charge in [-0.2, -0.15) is 0 Å². The molecule has 1 unspecified atom stereocenters. The summed E-state index contributed by atoms with van der Waals surface area (Å²) in [6, 6.07) is 26.1. The number of hydrogen-bond acceptors (Lipinski definition) is 3. The zero-order valence-corrected chi connectivity index (χ0v) is 21.1. The Labute approximate surface area is 220 Å². The molecule has 0 fully saturated rings. The minimum absolute atomic E-state index is 0.0315. The fraction of sp³-hybridized carbons (Fsp3) is 0.226. The highest BCUT2D eigenvalue weighted by molar-refractivity contribution is 6.30. The van der Waals surface area contributed by atoms with Crippen LogP contribution >= 0.6 is 11.6 Å². The Morgan fingerprint density at radius 2 is 1.86 bits per heavy atom. The molecule has 1 atom stereocenters. The molecule has 0 aliphatic heterocycles. The summed E-state index contributed by atoms with van der Waals surface area (Å²) in [7, 11) is 0. The van der Waals surface area contributed by atoms with Crippen LogP contribution in [0.1, 0.15) is 47.7 Å². The lowest BCUT2D eigenvalue weighted by molar-refractivity contribution is -0.137. The molecule has 2 heterocycles. The van der Waals surface area contributed by atoms with E-state index in [1.807, 2.05) is 60.7 Å². The number of hydrogen-bond donors (Lipinski definition) is 1. The van der Waals surface area contributed by atoms with Crippen molar-refractivity contribution in [3.63, 3.8) is 0 Å². The van der Waals surface area contributed by atoms with Gasteiger partial charge in [0, 0.05) is 34.0 Å². The molecule has 0 bridgehead atoms. The van der Waals surface area contributed by atoms with E-state index < -0.39 is 5.97 Å². The third-order valence-corrected chi connectivity index (χ3v) is 7.52. The second-order valence-electron chi connectivity index (χ2n) is 9.70. The SMILES string of the molecule is O=C(O)CC1CCCc2c1n(Cc1ccc(Cl)cc1)c1cccc(OCc3ccc4ccccc4n3)c21. The van der Waals surface area contributed by atoms with Gasteiger partial charge in [0.1, 0.15) is 12.4 Å². The second kappa shape index (κ2) is 9.91. The number of benzene rings is 3. The van der Waals surface area contributed by atoms with Crippen LogP contribution in [0, 0.1) is 0 Å². The molecule has 5 nitrogen and oxygen atoms in total. The van der Waals surface area contributed by atoms with Crippen molar-refractivity contribution in [2.45, 2.75) is 44.8 Å². The van der Waals surface area contributed by atoms with Crippen molar-refractivity contribution in [2.24, 2.45) is 0 Å². The predicted molar refractivity (Wildman–Crippen MR) is 146 cm³/mol. The van der Waals surface area contributed by atoms with E-state index in [-0.39, 0.29) is 12.3 Å². The summed E-state index contributed by atoms with van der Waals surface area (Å²) in [6.45, 7) is 1.01. The first kappa shape index (κ1) is 23.6. The molecule has 1 aliphatic carbocycles. The van der Waals surface area contributed by atoms with E-state index in [1.165, 1.54) is 5.56 Å². The van der Waals surface area contributed by atoms with Crippen molar-refractivity contribution >= 4 is 39.4 Å². The monoisotopic (exact) mass is 510 g/mol. The van der Waals surface area contributed by atoms with Gasteiger partial charge in [0.25, 0.3) is 0 Å². The first-order valence-corrected chi connectivity index (χ1v) is 13.0. The molecule has 5 aromatic rings. The van der Waals surface area contributed by atoms with Crippen LogP contribution in [-0.4, -0.2) is 20.6 Å². The van der Waals surface area contributed by atoms with Crippen molar-refractivity contribution < 1.29 is 14.6 Å². The van der Waals surface area contributed by atoms with Crippen LogP contribution in [0.2, 0.25) is 5.02 Å². The van der Waals surface area contributed by atoms with Crippen molar-refractivity contribution in [3.8, 4) is 5.75 Å². The molecule has 1 N–H and O–H groups in total. The third kappa shape index (κ3) is 4.67. The third-order valence-electron chi connectivity index (χ3n) is 7.27. The van der Waals surface area contributed by atoms with Crippen LogP contribution in [-0.2, 0) is 24.4 Å². The number of para-hydroxylation sites is 1. The summed E-state index contributed by atoms with van der Waals surface area (Å²) in [5.74, 6) is 0.0190. The lowest BCUT2D eigenvalue weighted by Crippen LogP contribution is -2.17.